The van der Waals surface area contributed by atoms with E-state index in [4.69, 9.17) is 4.74 Å². The molecule has 3 aromatic rings. The molecule has 3 rings (SSSR count). The van der Waals surface area contributed by atoms with Crippen LogP contribution in [0, 0.1) is 18.6 Å². The van der Waals surface area contributed by atoms with Crippen LogP contribution >= 0.6 is 0 Å². The molecule has 1 aromatic heterocycles. The molecular formula is C22H23F2N3O2. The van der Waals surface area contributed by atoms with Crippen LogP contribution in [0.25, 0.3) is 16.8 Å². The molecule has 1 amide bonds. The number of carbonyl (C=O) groups excluding carboxylic acids is 1. The summed E-state index contributed by atoms with van der Waals surface area (Å²) < 4.78 is 34.2. The molecular weight excluding hydrogens is 376 g/mol. The standard InChI is InChI=1S/C22H23F2N3O2/c1-14-20(13-27(26-14)19-7-5-17(23)6-8-19)16-9-15(10-18(24)11-16)12-25-21(28)29-22(2,3)4/h5-11,13H,12H2,1-4H3,(H,25,28). The van der Waals surface area contributed by atoms with Gasteiger partial charge in [-0.25, -0.2) is 18.3 Å². The molecule has 152 valence electrons. The Morgan fingerprint density at radius 3 is 2.45 bits per heavy atom. The van der Waals surface area contributed by atoms with Crippen LogP contribution < -0.4 is 5.32 Å². The van der Waals surface area contributed by atoms with Gasteiger partial charge in [-0.15, -0.1) is 0 Å². The van der Waals surface area contributed by atoms with Gasteiger partial charge in [-0.05, 0) is 81.3 Å². The number of benzene rings is 2. The molecule has 0 aliphatic rings. The highest BCUT2D eigenvalue weighted by Crippen LogP contribution is 2.26. The van der Waals surface area contributed by atoms with Crippen molar-refractivity contribution in [3.63, 3.8) is 0 Å². The molecule has 0 spiro atoms. The zero-order valence-corrected chi connectivity index (χ0v) is 16.8. The zero-order valence-electron chi connectivity index (χ0n) is 16.8. The molecule has 0 saturated carbocycles. The van der Waals surface area contributed by atoms with E-state index in [0.29, 0.717) is 22.5 Å². The molecule has 0 aliphatic heterocycles. The molecule has 0 fully saturated rings. The second-order valence-electron chi connectivity index (χ2n) is 7.75. The Labute approximate surface area is 168 Å². The predicted octanol–water partition coefficient (Wildman–Crippen LogP) is 5.15. The molecule has 1 N–H and O–H groups in total. The van der Waals surface area contributed by atoms with Crippen molar-refractivity contribution in [2.45, 2.75) is 39.8 Å². The summed E-state index contributed by atoms with van der Waals surface area (Å²) in [6.45, 7) is 7.26. The number of hydrogen-bond donors (Lipinski definition) is 1. The fourth-order valence-corrected chi connectivity index (χ4v) is 2.87. The summed E-state index contributed by atoms with van der Waals surface area (Å²) in [5.41, 5.74) is 2.77. The first-order valence-corrected chi connectivity index (χ1v) is 9.19. The number of nitrogens with one attached hydrogen (secondary N) is 1. The number of rotatable bonds is 4. The van der Waals surface area contributed by atoms with Gasteiger partial charge in [0.1, 0.15) is 17.2 Å². The van der Waals surface area contributed by atoms with Crippen molar-refractivity contribution in [2.75, 3.05) is 0 Å². The van der Waals surface area contributed by atoms with Crippen LogP contribution in [0.15, 0.2) is 48.7 Å². The smallest absolute Gasteiger partial charge is 0.407 e. The summed E-state index contributed by atoms with van der Waals surface area (Å²) in [5.74, 6) is -0.748. The Kier molecular flexibility index (Phi) is 5.68. The Morgan fingerprint density at radius 1 is 1.10 bits per heavy atom. The first kappa shape index (κ1) is 20.5. The lowest BCUT2D eigenvalue weighted by Crippen LogP contribution is -2.32. The van der Waals surface area contributed by atoms with Gasteiger partial charge in [0, 0.05) is 18.3 Å². The number of nitrogens with zero attached hydrogens (tertiary/aromatic N) is 2. The Morgan fingerprint density at radius 2 is 1.79 bits per heavy atom. The van der Waals surface area contributed by atoms with Crippen molar-refractivity contribution in [2.24, 2.45) is 0 Å². The van der Waals surface area contributed by atoms with Gasteiger partial charge in [-0.1, -0.05) is 0 Å². The molecule has 0 atom stereocenters. The van der Waals surface area contributed by atoms with Crippen LogP contribution in [0.2, 0.25) is 0 Å². The summed E-state index contributed by atoms with van der Waals surface area (Å²) in [7, 11) is 0. The minimum Gasteiger partial charge on any atom is -0.444 e. The maximum Gasteiger partial charge on any atom is 0.407 e. The molecule has 0 aliphatic carbocycles. The third-order valence-electron chi connectivity index (χ3n) is 4.09. The van der Waals surface area contributed by atoms with Gasteiger partial charge in [0.2, 0.25) is 0 Å². The van der Waals surface area contributed by atoms with E-state index >= 15 is 0 Å². The summed E-state index contributed by atoms with van der Waals surface area (Å²) in [4.78, 5) is 11.8. The highest BCUT2D eigenvalue weighted by Gasteiger charge is 2.16. The number of carbonyl (C=O) groups is 1. The van der Waals surface area contributed by atoms with Crippen LogP contribution in [0.3, 0.4) is 0 Å². The van der Waals surface area contributed by atoms with Crippen molar-refractivity contribution < 1.29 is 18.3 Å². The van der Waals surface area contributed by atoms with Gasteiger partial charge < -0.3 is 10.1 Å². The molecule has 0 bridgehead atoms. The molecule has 0 radical (unpaired) electrons. The number of ether oxygens (including phenoxy) is 1. The molecule has 5 nitrogen and oxygen atoms in total. The van der Waals surface area contributed by atoms with Crippen LogP contribution in [-0.4, -0.2) is 21.5 Å². The number of alkyl carbamates (subject to hydrolysis) is 1. The number of amides is 1. The number of aromatic nitrogens is 2. The average Bonchev–Trinajstić information content (AvgIpc) is 3.00. The lowest BCUT2D eigenvalue weighted by molar-refractivity contribution is 0.0523. The van der Waals surface area contributed by atoms with E-state index in [9.17, 15) is 13.6 Å². The molecule has 29 heavy (non-hydrogen) atoms. The number of halogens is 2. The molecule has 1 heterocycles. The summed E-state index contributed by atoms with van der Waals surface area (Å²) in [5, 5.41) is 7.07. The van der Waals surface area contributed by atoms with Crippen LogP contribution in [0.5, 0.6) is 0 Å². The Hall–Kier alpha value is -3.22. The first-order valence-electron chi connectivity index (χ1n) is 9.19. The van der Waals surface area contributed by atoms with Crippen molar-refractivity contribution >= 4 is 6.09 Å². The van der Waals surface area contributed by atoms with Gasteiger partial charge in [-0.2, -0.15) is 5.10 Å². The second kappa shape index (κ2) is 8.03. The molecule has 0 unspecified atom stereocenters. The van der Waals surface area contributed by atoms with E-state index in [0.717, 1.165) is 5.56 Å². The quantitative estimate of drug-likeness (QED) is 0.660. The van der Waals surface area contributed by atoms with Gasteiger partial charge in [-0.3, -0.25) is 0 Å². The van der Waals surface area contributed by atoms with E-state index in [-0.39, 0.29) is 12.4 Å². The summed E-state index contributed by atoms with van der Waals surface area (Å²) >= 11 is 0. The van der Waals surface area contributed by atoms with E-state index in [1.807, 2.05) is 6.92 Å². The second-order valence-corrected chi connectivity index (χ2v) is 7.75. The van der Waals surface area contributed by atoms with Gasteiger partial charge in [0.25, 0.3) is 0 Å². The topological polar surface area (TPSA) is 56.2 Å². The first-order chi connectivity index (χ1) is 13.6. The SMILES string of the molecule is Cc1nn(-c2ccc(F)cc2)cc1-c1cc(F)cc(CNC(=O)OC(C)(C)C)c1. The van der Waals surface area contributed by atoms with E-state index in [1.165, 1.54) is 24.3 Å². The van der Waals surface area contributed by atoms with Crippen molar-refractivity contribution in [1.82, 2.24) is 15.1 Å². The van der Waals surface area contributed by atoms with E-state index in [2.05, 4.69) is 10.4 Å². The normalized spacial score (nSPS) is 11.4. The lowest BCUT2D eigenvalue weighted by Gasteiger charge is -2.19. The number of hydrogen-bond acceptors (Lipinski definition) is 3. The van der Waals surface area contributed by atoms with Crippen LogP contribution in [0.4, 0.5) is 13.6 Å². The van der Waals surface area contributed by atoms with E-state index in [1.54, 1.807) is 49.8 Å². The Bertz CT molecular complexity index is 1020. The maximum atomic E-state index is 14.2. The van der Waals surface area contributed by atoms with Crippen molar-refractivity contribution in [1.29, 1.82) is 0 Å². The molecule has 0 saturated heterocycles. The largest absolute Gasteiger partial charge is 0.444 e. The minimum absolute atomic E-state index is 0.130. The highest BCUT2D eigenvalue weighted by atomic mass is 19.1. The third kappa shape index (κ3) is 5.40. The van der Waals surface area contributed by atoms with E-state index < -0.39 is 17.5 Å². The number of aryl methyl sites for hydroxylation is 1. The fourth-order valence-electron chi connectivity index (χ4n) is 2.87. The van der Waals surface area contributed by atoms with Crippen LogP contribution in [-0.2, 0) is 11.3 Å². The minimum atomic E-state index is -0.608. The van der Waals surface area contributed by atoms with Crippen molar-refractivity contribution in [3.05, 3.63) is 71.6 Å². The van der Waals surface area contributed by atoms with Crippen LogP contribution in [0.1, 0.15) is 32.0 Å². The van der Waals surface area contributed by atoms with Crippen molar-refractivity contribution in [3.8, 4) is 16.8 Å². The lowest BCUT2D eigenvalue weighted by atomic mass is 10.0. The van der Waals surface area contributed by atoms with Gasteiger partial charge >= 0.3 is 6.09 Å². The maximum absolute atomic E-state index is 14.2. The summed E-state index contributed by atoms with van der Waals surface area (Å²) in [6.07, 6.45) is 1.20. The fraction of sp³-hybridized carbons (Fsp3) is 0.273. The Balaban J connectivity index is 1.83. The predicted molar refractivity (Wildman–Crippen MR) is 107 cm³/mol. The summed E-state index contributed by atoms with van der Waals surface area (Å²) in [6, 6.07) is 10.5. The third-order valence-corrected chi connectivity index (χ3v) is 4.09. The highest BCUT2D eigenvalue weighted by molar-refractivity contribution is 5.69. The molecule has 7 heteroatoms. The average molecular weight is 399 g/mol. The molecule has 2 aromatic carbocycles. The van der Waals surface area contributed by atoms with Gasteiger partial charge in [0.15, 0.2) is 0 Å². The van der Waals surface area contributed by atoms with Gasteiger partial charge in [0.05, 0.1) is 11.4 Å². The monoisotopic (exact) mass is 399 g/mol. The zero-order chi connectivity index (χ0) is 21.2.